The minimum atomic E-state index is -3.41. The number of hydrogen-bond acceptors (Lipinski definition) is 4. The lowest BCUT2D eigenvalue weighted by Crippen LogP contribution is -2.01. The van der Waals surface area contributed by atoms with Crippen LogP contribution in [0.5, 0.6) is 0 Å². The number of rotatable bonds is 2. The first kappa shape index (κ1) is 11.9. The van der Waals surface area contributed by atoms with E-state index in [0.29, 0.717) is 5.56 Å². The highest BCUT2D eigenvalue weighted by atomic mass is 35.5. The molecule has 0 aliphatic carbocycles. The molecular formula is C8H8ClNO4S. The molecule has 0 saturated carbocycles. The lowest BCUT2D eigenvalue weighted by molar-refractivity contribution is -0.384. The summed E-state index contributed by atoms with van der Waals surface area (Å²) in [5.74, 6) is 0. The predicted molar refractivity (Wildman–Crippen MR) is 56.0 cm³/mol. The van der Waals surface area contributed by atoms with Crippen molar-refractivity contribution in [2.45, 2.75) is 11.8 Å². The second-order valence-corrected chi connectivity index (χ2v) is 5.49. The molecule has 0 saturated heterocycles. The summed E-state index contributed by atoms with van der Waals surface area (Å²) in [6.45, 7) is 1.49. The van der Waals surface area contributed by atoms with Gasteiger partial charge in [-0.3, -0.25) is 10.1 Å². The monoisotopic (exact) mass is 249 g/mol. The van der Waals surface area contributed by atoms with Gasteiger partial charge in [0.2, 0.25) is 0 Å². The Hall–Kier alpha value is -1.14. The van der Waals surface area contributed by atoms with Crippen molar-refractivity contribution < 1.29 is 13.3 Å². The highest BCUT2D eigenvalue weighted by Gasteiger charge is 2.19. The van der Waals surface area contributed by atoms with Crippen LogP contribution in [0.1, 0.15) is 5.56 Å². The number of nitro groups is 1. The van der Waals surface area contributed by atoms with E-state index in [-0.39, 0.29) is 15.6 Å². The summed E-state index contributed by atoms with van der Waals surface area (Å²) in [6.07, 6.45) is 1.03. The van der Waals surface area contributed by atoms with Crippen molar-refractivity contribution >= 4 is 27.1 Å². The molecule has 0 bridgehead atoms. The lowest BCUT2D eigenvalue weighted by atomic mass is 10.2. The number of aryl methyl sites for hydroxylation is 1. The Morgan fingerprint density at radius 1 is 1.40 bits per heavy atom. The van der Waals surface area contributed by atoms with E-state index in [4.69, 9.17) is 11.6 Å². The van der Waals surface area contributed by atoms with E-state index >= 15 is 0 Å². The quantitative estimate of drug-likeness (QED) is 0.593. The van der Waals surface area contributed by atoms with Gasteiger partial charge < -0.3 is 0 Å². The summed E-state index contributed by atoms with van der Waals surface area (Å²) in [5, 5.41) is 10.3. The Morgan fingerprint density at radius 3 is 2.33 bits per heavy atom. The van der Waals surface area contributed by atoms with E-state index in [1.54, 1.807) is 0 Å². The van der Waals surface area contributed by atoms with E-state index < -0.39 is 14.8 Å². The van der Waals surface area contributed by atoms with Crippen LogP contribution in [0, 0.1) is 17.0 Å². The van der Waals surface area contributed by atoms with Crippen LogP contribution in [0.4, 0.5) is 5.69 Å². The smallest absolute Gasteiger partial charge is 0.258 e. The average Bonchev–Trinajstić information content (AvgIpc) is 2.06. The summed E-state index contributed by atoms with van der Waals surface area (Å²) in [7, 11) is -3.41. The maximum atomic E-state index is 11.3. The molecule has 1 rings (SSSR count). The van der Waals surface area contributed by atoms with Crippen LogP contribution in [0.3, 0.4) is 0 Å². The van der Waals surface area contributed by atoms with Crippen LogP contribution in [0.2, 0.25) is 5.02 Å². The third kappa shape index (κ3) is 2.45. The van der Waals surface area contributed by atoms with Crippen molar-refractivity contribution in [3.8, 4) is 0 Å². The summed E-state index contributed by atoms with van der Waals surface area (Å²) >= 11 is 5.60. The Balaban J connectivity index is 3.52. The summed E-state index contributed by atoms with van der Waals surface area (Å²) < 4.78 is 22.5. The molecule has 0 heterocycles. The predicted octanol–water partition coefficient (Wildman–Crippen LogP) is 1.96. The Bertz CT molecular complexity index is 524. The van der Waals surface area contributed by atoms with Gasteiger partial charge in [-0.15, -0.1) is 0 Å². The zero-order chi connectivity index (χ0) is 11.8. The SMILES string of the molecule is Cc1cc([N+](=O)[O-])c(Cl)cc1S(C)(=O)=O. The molecule has 0 aliphatic rings. The summed E-state index contributed by atoms with van der Waals surface area (Å²) in [4.78, 5) is 9.87. The van der Waals surface area contributed by atoms with Crippen LogP contribution < -0.4 is 0 Å². The highest BCUT2D eigenvalue weighted by Crippen LogP contribution is 2.29. The topological polar surface area (TPSA) is 77.3 Å². The largest absolute Gasteiger partial charge is 0.288 e. The van der Waals surface area contributed by atoms with Crippen molar-refractivity contribution in [1.82, 2.24) is 0 Å². The molecule has 1 aromatic carbocycles. The van der Waals surface area contributed by atoms with Gasteiger partial charge in [-0.25, -0.2) is 8.42 Å². The van der Waals surface area contributed by atoms with Gasteiger partial charge in [-0.2, -0.15) is 0 Å². The van der Waals surface area contributed by atoms with Gasteiger partial charge >= 0.3 is 0 Å². The maximum absolute atomic E-state index is 11.3. The molecule has 5 nitrogen and oxygen atoms in total. The lowest BCUT2D eigenvalue weighted by Gasteiger charge is -2.04. The fourth-order valence-corrected chi connectivity index (χ4v) is 2.46. The van der Waals surface area contributed by atoms with Crippen LogP contribution >= 0.6 is 11.6 Å². The highest BCUT2D eigenvalue weighted by molar-refractivity contribution is 7.90. The first-order chi connectivity index (χ1) is 6.73. The molecule has 0 radical (unpaired) electrons. The molecule has 0 aliphatic heterocycles. The summed E-state index contributed by atoms with van der Waals surface area (Å²) in [5.41, 5.74) is 0.0233. The zero-order valence-electron chi connectivity index (χ0n) is 8.02. The molecule has 0 atom stereocenters. The van der Waals surface area contributed by atoms with Crippen molar-refractivity contribution in [3.63, 3.8) is 0 Å². The first-order valence-electron chi connectivity index (χ1n) is 3.88. The Morgan fingerprint density at radius 2 is 1.93 bits per heavy atom. The van der Waals surface area contributed by atoms with E-state index in [9.17, 15) is 18.5 Å². The molecule has 0 unspecified atom stereocenters. The van der Waals surface area contributed by atoms with Crippen molar-refractivity contribution in [2.75, 3.05) is 6.26 Å². The van der Waals surface area contributed by atoms with Crippen LogP contribution in [-0.2, 0) is 9.84 Å². The average molecular weight is 250 g/mol. The van der Waals surface area contributed by atoms with E-state index in [0.717, 1.165) is 18.4 Å². The summed E-state index contributed by atoms with van der Waals surface area (Å²) in [6, 6.07) is 2.25. The third-order valence-corrected chi connectivity index (χ3v) is 3.38. The minimum Gasteiger partial charge on any atom is -0.258 e. The van der Waals surface area contributed by atoms with E-state index in [2.05, 4.69) is 0 Å². The Kier molecular flexibility index (Phi) is 3.01. The maximum Gasteiger partial charge on any atom is 0.288 e. The third-order valence-electron chi connectivity index (χ3n) is 1.84. The van der Waals surface area contributed by atoms with Crippen LogP contribution in [0.15, 0.2) is 17.0 Å². The molecule has 0 fully saturated rings. The van der Waals surface area contributed by atoms with Crippen molar-refractivity contribution in [1.29, 1.82) is 0 Å². The van der Waals surface area contributed by atoms with Gasteiger partial charge in [-0.1, -0.05) is 11.6 Å². The van der Waals surface area contributed by atoms with Crippen molar-refractivity contribution in [2.24, 2.45) is 0 Å². The van der Waals surface area contributed by atoms with Gasteiger partial charge in [0.1, 0.15) is 5.02 Å². The van der Waals surface area contributed by atoms with Gasteiger partial charge in [0.05, 0.1) is 9.82 Å². The standard InChI is InChI=1S/C8H8ClNO4S/c1-5-3-7(10(11)12)6(9)4-8(5)15(2,13)14/h3-4H,1-2H3. The molecule has 1 aromatic rings. The molecule has 7 heteroatoms. The first-order valence-corrected chi connectivity index (χ1v) is 6.15. The van der Waals surface area contributed by atoms with Gasteiger partial charge in [-0.05, 0) is 18.6 Å². The van der Waals surface area contributed by atoms with Crippen LogP contribution in [0.25, 0.3) is 0 Å². The van der Waals surface area contributed by atoms with E-state index in [1.807, 2.05) is 0 Å². The van der Waals surface area contributed by atoms with E-state index in [1.165, 1.54) is 6.92 Å². The van der Waals surface area contributed by atoms with Gasteiger partial charge in [0, 0.05) is 12.3 Å². The second-order valence-electron chi connectivity index (χ2n) is 3.10. The van der Waals surface area contributed by atoms with Gasteiger partial charge in [0.25, 0.3) is 5.69 Å². The Labute approximate surface area is 91.7 Å². The molecular weight excluding hydrogens is 242 g/mol. The fraction of sp³-hybridized carbons (Fsp3) is 0.250. The number of sulfone groups is 1. The number of nitrogens with zero attached hydrogens (tertiary/aromatic N) is 1. The number of benzene rings is 1. The number of nitro benzene ring substituents is 1. The molecule has 0 amide bonds. The number of halogens is 1. The van der Waals surface area contributed by atoms with Crippen molar-refractivity contribution in [3.05, 3.63) is 32.8 Å². The molecule has 0 N–H and O–H groups in total. The molecule has 82 valence electrons. The second kappa shape index (κ2) is 3.79. The van der Waals surface area contributed by atoms with Gasteiger partial charge in [0.15, 0.2) is 9.84 Å². The normalized spacial score (nSPS) is 11.4. The molecule has 15 heavy (non-hydrogen) atoms. The fourth-order valence-electron chi connectivity index (χ4n) is 1.19. The molecule has 0 aromatic heterocycles. The molecule has 0 spiro atoms. The minimum absolute atomic E-state index is 0.0121. The zero-order valence-corrected chi connectivity index (χ0v) is 9.59. The van der Waals surface area contributed by atoms with Crippen LogP contribution in [-0.4, -0.2) is 19.6 Å². The number of hydrogen-bond donors (Lipinski definition) is 0.